The molecule has 1 fully saturated rings. The van der Waals surface area contributed by atoms with E-state index in [1.165, 1.54) is 0 Å². The van der Waals surface area contributed by atoms with Crippen molar-refractivity contribution < 1.29 is 9.84 Å². The van der Waals surface area contributed by atoms with E-state index in [4.69, 9.17) is 4.74 Å². The van der Waals surface area contributed by atoms with Crippen molar-refractivity contribution in [3.05, 3.63) is 36.0 Å². The summed E-state index contributed by atoms with van der Waals surface area (Å²) >= 11 is 0. The lowest BCUT2D eigenvalue weighted by molar-refractivity contribution is -0.157. The average Bonchev–Trinajstić information content (AvgIpc) is 2.86. The van der Waals surface area contributed by atoms with Crippen LogP contribution < -0.4 is 0 Å². The second kappa shape index (κ2) is 4.36. The van der Waals surface area contributed by atoms with Crippen LogP contribution in [0, 0.1) is 0 Å². The highest BCUT2D eigenvalue weighted by Crippen LogP contribution is 2.42. The lowest BCUT2D eigenvalue weighted by atomic mass is 9.76. The van der Waals surface area contributed by atoms with Gasteiger partial charge < -0.3 is 14.8 Å². The van der Waals surface area contributed by atoms with E-state index in [0.29, 0.717) is 19.4 Å². The van der Waals surface area contributed by atoms with Crippen LogP contribution in [0.15, 0.2) is 30.5 Å². The average molecular weight is 259 g/mol. The van der Waals surface area contributed by atoms with Gasteiger partial charge in [0.25, 0.3) is 0 Å². The largest absolute Gasteiger partial charge is 0.385 e. The summed E-state index contributed by atoms with van der Waals surface area (Å²) < 4.78 is 5.86. The van der Waals surface area contributed by atoms with Crippen molar-refractivity contribution in [2.75, 3.05) is 6.61 Å². The Balaban J connectivity index is 2.07. The molecule has 0 bridgehead atoms. The molecule has 102 valence electrons. The van der Waals surface area contributed by atoms with Gasteiger partial charge >= 0.3 is 0 Å². The molecule has 0 aliphatic carbocycles. The van der Waals surface area contributed by atoms with Gasteiger partial charge in [0.05, 0.1) is 17.8 Å². The predicted molar refractivity (Wildman–Crippen MR) is 76.1 cm³/mol. The Morgan fingerprint density at radius 2 is 2.21 bits per heavy atom. The molecule has 0 saturated carbocycles. The molecule has 1 saturated heterocycles. The molecular weight excluding hydrogens is 238 g/mol. The van der Waals surface area contributed by atoms with Crippen LogP contribution in [0.2, 0.25) is 0 Å². The number of aliphatic hydroxyl groups is 1. The minimum absolute atomic E-state index is 0.231. The van der Waals surface area contributed by atoms with Crippen LogP contribution in [-0.4, -0.2) is 22.3 Å². The molecule has 1 aromatic carbocycles. The Morgan fingerprint density at radius 1 is 1.37 bits per heavy atom. The zero-order valence-corrected chi connectivity index (χ0v) is 11.6. The summed E-state index contributed by atoms with van der Waals surface area (Å²) in [5.41, 5.74) is 1.08. The summed E-state index contributed by atoms with van der Waals surface area (Å²) in [5, 5.41) is 12.2. The van der Waals surface area contributed by atoms with Crippen LogP contribution in [0.5, 0.6) is 0 Å². The number of hydrogen-bond donors (Lipinski definition) is 2. The van der Waals surface area contributed by atoms with Crippen molar-refractivity contribution in [1.29, 1.82) is 0 Å². The molecular formula is C16H21NO2. The van der Waals surface area contributed by atoms with Crippen molar-refractivity contribution in [2.24, 2.45) is 0 Å². The summed E-state index contributed by atoms with van der Waals surface area (Å²) in [6.07, 6.45) is 4.15. The molecule has 2 N–H and O–H groups in total. The Bertz CT molecular complexity index is 591. The molecule has 3 rings (SSSR count). The van der Waals surface area contributed by atoms with E-state index in [0.717, 1.165) is 22.9 Å². The number of hydrogen-bond acceptors (Lipinski definition) is 2. The van der Waals surface area contributed by atoms with Crippen LogP contribution >= 0.6 is 0 Å². The summed E-state index contributed by atoms with van der Waals surface area (Å²) in [4.78, 5) is 3.21. The van der Waals surface area contributed by atoms with Gasteiger partial charge in [0, 0.05) is 29.9 Å². The number of nitrogens with one attached hydrogen (secondary N) is 1. The van der Waals surface area contributed by atoms with E-state index >= 15 is 0 Å². The topological polar surface area (TPSA) is 45.2 Å². The summed E-state index contributed by atoms with van der Waals surface area (Å²) in [5.74, 6) is 0. The summed E-state index contributed by atoms with van der Waals surface area (Å²) in [6, 6.07) is 8.13. The second-order valence-electron chi connectivity index (χ2n) is 5.85. The molecule has 2 heterocycles. The number of fused-ring (bicyclic) bond motifs is 1. The SMILES string of the molecule is CCC1(C)CC(O)(c2cccc3[nH]ccc23)CCO1. The van der Waals surface area contributed by atoms with Gasteiger partial charge in [-0.05, 0) is 31.0 Å². The number of H-pyrrole nitrogens is 1. The van der Waals surface area contributed by atoms with Gasteiger partial charge in [-0.3, -0.25) is 0 Å². The number of ether oxygens (including phenoxy) is 1. The van der Waals surface area contributed by atoms with Crippen LogP contribution in [0.4, 0.5) is 0 Å². The molecule has 0 radical (unpaired) electrons. The monoisotopic (exact) mass is 259 g/mol. The van der Waals surface area contributed by atoms with Gasteiger partial charge in [-0.1, -0.05) is 19.1 Å². The number of rotatable bonds is 2. The smallest absolute Gasteiger partial charge is 0.0952 e. The van der Waals surface area contributed by atoms with Gasteiger partial charge in [-0.25, -0.2) is 0 Å². The van der Waals surface area contributed by atoms with Gasteiger partial charge in [0.2, 0.25) is 0 Å². The fourth-order valence-electron chi connectivity index (χ4n) is 3.17. The molecule has 1 aliphatic heterocycles. The zero-order valence-electron chi connectivity index (χ0n) is 11.6. The quantitative estimate of drug-likeness (QED) is 0.869. The Hall–Kier alpha value is -1.32. The van der Waals surface area contributed by atoms with E-state index in [9.17, 15) is 5.11 Å². The number of aromatic amines is 1. The van der Waals surface area contributed by atoms with Gasteiger partial charge in [0.15, 0.2) is 0 Å². The number of benzene rings is 1. The maximum atomic E-state index is 11.1. The maximum Gasteiger partial charge on any atom is 0.0952 e. The molecule has 2 unspecified atom stereocenters. The van der Waals surface area contributed by atoms with Crippen LogP contribution in [0.3, 0.4) is 0 Å². The fourth-order valence-corrected chi connectivity index (χ4v) is 3.17. The standard InChI is InChI=1S/C16H21NO2/c1-3-15(2)11-16(18,8-10-19-15)13-5-4-6-14-12(13)7-9-17-14/h4-7,9,17-18H,3,8,10-11H2,1-2H3. The molecule has 3 heteroatoms. The molecule has 1 aliphatic rings. The first-order valence-electron chi connectivity index (χ1n) is 6.99. The minimum Gasteiger partial charge on any atom is -0.385 e. The third-order valence-corrected chi connectivity index (χ3v) is 4.48. The van der Waals surface area contributed by atoms with E-state index in [1.54, 1.807) is 0 Å². The molecule has 1 aromatic heterocycles. The first-order valence-corrected chi connectivity index (χ1v) is 6.99. The minimum atomic E-state index is -0.787. The normalized spacial score (nSPS) is 31.7. The second-order valence-corrected chi connectivity index (χ2v) is 5.85. The fraction of sp³-hybridized carbons (Fsp3) is 0.500. The summed E-state index contributed by atoms with van der Waals surface area (Å²) in [6.45, 7) is 4.82. The Kier molecular flexibility index (Phi) is 2.91. The third-order valence-electron chi connectivity index (χ3n) is 4.48. The highest BCUT2D eigenvalue weighted by Gasteiger charge is 2.42. The third kappa shape index (κ3) is 2.07. The van der Waals surface area contributed by atoms with Crippen LogP contribution in [0.25, 0.3) is 10.9 Å². The van der Waals surface area contributed by atoms with Crippen molar-refractivity contribution in [2.45, 2.75) is 44.3 Å². The van der Waals surface area contributed by atoms with Crippen molar-refractivity contribution in [1.82, 2.24) is 4.98 Å². The van der Waals surface area contributed by atoms with Crippen molar-refractivity contribution in [3.63, 3.8) is 0 Å². The Labute approximate surface area is 113 Å². The first-order chi connectivity index (χ1) is 9.06. The molecule has 0 spiro atoms. The molecule has 2 aromatic rings. The van der Waals surface area contributed by atoms with Crippen LogP contribution in [-0.2, 0) is 10.3 Å². The molecule has 2 atom stereocenters. The summed E-state index contributed by atoms with van der Waals surface area (Å²) in [7, 11) is 0. The van der Waals surface area contributed by atoms with Gasteiger partial charge in [-0.2, -0.15) is 0 Å². The number of aromatic nitrogens is 1. The van der Waals surface area contributed by atoms with Gasteiger partial charge in [0.1, 0.15) is 0 Å². The highest BCUT2D eigenvalue weighted by molar-refractivity contribution is 5.83. The lowest BCUT2D eigenvalue weighted by Gasteiger charge is -2.43. The first kappa shape index (κ1) is 12.7. The molecule has 19 heavy (non-hydrogen) atoms. The van der Waals surface area contributed by atoms with E-state index < -0.39 is 5.60 Å². The van der Waals surface area contributed by atoms with E-state index in [2.05, 4.69) is 18.8 Å². The van der Waals surface area contributed by atoms with Gasteiger partial charge in [-0.15, -0.1) is 0 Å². The van der Waals surface area contributed by atoms with Crippen LogP contribution in [0.1, 0.15) is 38.7 Å². The lowest BCUT2D eigenvalue weighted by Crippen LogP contribution is -2.45. The Morgan fingerprint density at radius 3 is 3.00 bits per heavy atom. The van der Waals surface area contributed by atoms with E-state index in [1.807, 2.05) is 30.5 Å². The van der Waals surface area contributed by atoms with E-state index in [-0.39, 0.29) is 5.60 Å². The van der Waals surface area contributed by atoms with Crippen molar-refractivity contribution in [3.8, 4) is 0 Å². The maximum absolute atomic E-state index is 11.1. The van der Waals surface area contributed by atoms with Crippen molar-refractivity contribution >= 4 is 10.9 Å². The zero-order chi connectivity index (χ0) is 13.5. The molecule has 3 nitrogen and oxygen atoms in total. The predicted octanol–water partition coefficient (Wildman–Crippen LogP) is 3.33. The highest BCUT2D eigenvalue weighted by atomic mass is 16.5. The molecule has 0 amide bonds.